The second-order valence-corrected chi connectivity index (χ2v) is 7.94. The van der Waals surface area contributed by atoms with Crippen molar-refractivity contribution in [2.24, 2.45) is 0 Å². The molecule has 1 aromatic rings. The highest BCUT2D eigenvalue weighted by Gasteiger charge is 2.36. The van der Waals surface area contributed by atoms with E-state index in [1.807, 2.05) is 0 Å². The Balaban J connectivity index is 1.31. The van der Waals surface area contributed by atoms with Crippen LogP contribution in [0.4, 0.5) is 4.39 Å². The van der Waals surface area contributed by atoms with Crippen LogP contribution in [0.5, 0.6) is 5.75 Å². The number of carbonyl (C=O) groups excluding carboxylic acids is 2. The first-order valence-electron chi connectivity index (χ1n) is 10.1. The second-order valence-electron chi connectivity index (χ2n) is 7.94. The predicted molar refractivity (Wildman–Crippen MR) is 99.4 cm³/mol. The lowest BCUT2D eigenvalue weighted by Crippen LogP contribution is -2.50. The van der Waals surface area contributed by atoms with E-state index in [1.165, 1.54) is 38.4 Å². The molecule has 5 nitrogen and oxygen atoms in total. The maximum atomic E-state index is 14.5. The molecule has 4 rings (SSSR count). The first kappa shape index (κ1) is 18.4. The lowest BCUT2D eigenvalue weighted by Gasteiger charge is -2.44. The van der Waals surface area contributed by atoms with Crippen molar-refractivity contribution in [1.29, 1.82) is 0 Å². The molecule has 3 aliphatic rings. The van der Waals surface area contributed by atoms with Crippen LogP contribution in [-0.2, 0) is 4.79 Å². The van der Waals surface area contributed by atoms with Gasteiger partial charge in [-0.25, -0.2) is 4.39 Å². The molecular weight excluding hydrogens is 347 g/mol. The summed E-state index contributed by atoms with van der Waals surface area (Å²) in [4.78, 5) is 27.9. The van der Waals surface area contributed by atoms with E-state index in [4.69, 9.17) is 4.74 Å². The summed E-state index contributed by atoms with van der Waals surface area (Å²) in [5, 5.41) is 0. The van der Waals surface area contributed by atoms with Gasteiger partial charge in [-0.1, -0.05) is 6.42 Å². The molecule has 1 aliphatic carbocycles. The van der Waals surface area contributed by atoms with Gasteiger partial charge in [-0.3, -0.25) is 9.59 Å². The average molecular weight is 374 g/mol. The van der Waals surface area contributed by atoms with Crippen molar-refractivity contribution in [1.82, 2.24) is 9.80 Å². The molecule has 2 heterocycles. The second kappa shape index (κ2) is 7.97. The summed E-state index contributed by atoms with van der Waals surface area (Å²) in [5.41, 5.74) is 0.314. The summed E-state index contributed by atoms with van der Waals surface area (Å²) in [7, 11) is 0. The van der Waals surface area contributed by atoms with Crippen LogP contribution in [0, 0.1) is 5.82 Å². The summed E-state index contributed by atoms with van der Waals surface area (Å²) in [6.07, 6.45) is 6.59. The van der Waals surface area contributed by atoms with Gasteiger partial charge in [-0.05, 0) is 44.1 Å². The minimum absolute atomic E-state index is 0.0566. The van der Waals surface area contributed by atoms with Crippen molar-refractivity contribution in [2.45, 2.75) is 57.1 Å². The van der Waals surface area contributed by atoms with Crippen molar-refractivity contribution < 1.29 is 18.7 Å². The van der Waals surface area contributed by atoms with E-state index in [0.717, 1.165) is 12.8 Å². The molecule has 27 heavy (non-hydrogen) atoms. The molecule has 0 N–H and O–H groups in total. The third kappa shape index (κ3) is 4.15. The lowest BCUT2D eigenvalue weighted by molar-refractivity contribution is -0.120. The molecule has 0 atom stereocenters. The maximum absolute atomic E-state index is 14.5. The van der Waals surface area contributed by atoms with Crippen LogP contribution < -0.4 is 4.74 Å². The molecule has 0 spiro atoms. The fourth-order valence-corrected chi connectivity index (χ4v) is 4.27. The fraction of sp³-hybridized carbons (Fsp3) is 0.619. The smallest absolute Gasteiger partial charge is 0.253 e. The number of amides is 1. The zero-order valence-electron chi connectivity index (χ0n) is 15.7. The van der Waals surface area contributed by atoms with Gasteiger partial charge in [0.1, 0.15) is 11.9 Å². The van der Waals surface area contributed by atoms with E-state index in [-0.39, 0.29) is 23.5 Å². The minimum Gasteiger partial charge on any atom is -0.487 e. The SMILES string of the molecule is O=C1CCN(C(=O)c2ccc(O[C@H]3C[C@H](N4CCCCC4)C3)c(F)c2)CC1. The molecule has 1 aromatic carbocycles. The van der Waals surface area contributed by atoms with Gasteiger partial charge < -0.3 is 14.5 Å². The van der Waals surface area contributed by atoms with Crippen LogP contribution in [0.3, 0.4) is 0 Å². The van der Waals surface area contributed by atoms with Crippen molar-refractivity contribution >= 4 is 11.7 Å². The number of hydrogen-bond acceptors (Lipinski definition) is 4. The Morgan fingerprint density at radius 3 is 2.41 bits per heavy atom. The quantitative estimate of drug-likeness (QED) is 0.813. The number of carbonyl (C=O) groups is 2. The summed E-state index contributed by atoms with van der Waals surface area (Å²) in [6.45, 7) is 3.17. The monoisotopic (exact) mass is 374 g/mol. The molecule has 1 amide bonds. The number of ether oxygens (including phenoxy) is 1. The summed E-state index contributed by atoms with van der Waals surface area (Å²) >= 11 is 0. The van der Waals surface area contributed by atoms with Crippen LogP contribution in [0.25, 0.3) is 0 Å². The largest absolute Gasteiger partial charge is 0.487 e. The molecule has 0 radical (unpaired) electrons. The van der Waals surface area contributed by atoms with Gasteiger partial charge in [0.05, 0.1) is 0 Å². The van der Waals surface area contributed by atoms with Gasteiger partial charge in [-0.15, -0.1) is 0 Å². The topological polar surface area (TPSA) is 49.9 Å². The highest BCUT2D eigenvalue weighted by Crippen LogP contribution is 2.32. The molecule has 146 valence electrons. The first-order chi connectivity index (χ1) is 13.1. The number of ketones is 1. The Morgan fingerprint density at radius 2 is 1.74 bits per heavy atom. The van der Waals surface area contributed by atoms with E-state index in [2.05, 4.69) is 4.90 Å². The molecule has 0 bridgehead atoms. The molecule has 3 fully saturated rings. The highest BCUT2D eigenvalue weighted by atomic mass is 19.1. The third-order valence-corrected chi connectivity index (χ3v) is 6.06. The van der Waals surface area contributed by atoms with Crippen molar-refractivity contribution in [3.05, 3.63) is 29.6 Å². The normalized spacial score (nSPS) is 26.6. The average Bonchev–Trinajstić information content (AvgIpc) is 2.66. The molecule has 2 aliphatic heterocycles. The molecule has 2 saturated heterocycles. The Morgan fingerprint density at radius 1 is 1.04 bits per heavy atom. The minimum atomic E-state index is -0.490. The Hall–Kier alpha value is -1.95. The van der Waals surface area contributed by atoms with E-state index < -0.39 is 5.82 Å². The number of benzene rings is 1. The number of piperidine rings is 2. The van der Waals surface area contributed by atoms with Gasteiger partial charge in [0.2, 0.25) is 0 Å². The molecule has 1 saturated carbocycles. The first-order valence-corrected chi connectivity index (χ1v) is 10.1. The molecule has 6 heteroatoms. The molecular formula is C21H27FN2O3. The van der Waals surface area contributed by atoms with Crippen LogP contribution in [0.15, 0.2) is 18.2 Å². The van der Waals surface area contributed by atoms with Gasteiger partial charge in [0.25, 0.3) is 5.91 Å². The number of likely N-dealkylation sites (tertiary alicyclic amines) is 2. The van der Waals surface area contributed by atoms with Crippen molar-refractivity contribution in [2.75, 3.05) is 26.2 Å². The molecule has 0 unspecified atom stereocenters. The van der Waals surface area contributed by atoms with Crippen LogP contribution in [-0.4, -0.2) is 59.8 Å². The summed E-state index contributed by atoms with van der Waals surface area (Å²) < 4.78 is 20.3. The summed E-state index contributed by atoms with van der Waals surface area (Å²) in [5.74, 6) is -0.308. The van der Waals surface area contributed by atoms with Crippen LogP contribution in [0.1, 0.15) is 55.3 Å². The third-order valence-electron chi connectivity index (χ3n) is 6.06. The number of nitrogens with zero attached hydrogens (tertiary/aromatic N) is 2. The van der Waals surface area contributed by atoms with Gasteiger partial charge in [0.15, 0.2) is 11.6 Å². The Kier molecular flexibility index (Phi) is 5.43. The predicted octanol–water partition coefficient (Wildman–Crippen LogP) is 3.03. The Bertz CT molecular complexity index is 701. The lowest BCUT2D eigenvalue weighted by atomic mass is 9.86. The van der Waals surface area contributed by atoms with Crippen LogP contribution in [0.2, 0.25) is 0 Å². The van der Waals surface area contributed by atoms with E-state index in [9.17, 15) is 14.0 Å². The van der Waals surface area contributed by atoms with E-state index in [1.54, 1.807) is 17.0 Å². The van der Waals surface area contributed by atoms with Gasteiger partial charge in [-0.2, -0.15) is 0 Å². The Labute approximate surface area is 159 Å². The van der Waals surface area contributed by atoms with E-state index >= 15 is 0 Å². The number of Topliss-reactive ketones (excluding diaryl/α,β-unsaturated/α-hetero) is 1. The van der Waals surface area contributed by atoms with Crippen molar-refractivity contribution in [3.63, 3.8) is 0 Å². The fourth-order valence-electron chi connectivity index (χ4n) is 4.27. The summed E-state index contributed by atoms with van der Waals surface area (Å²) in [6, 6.07) is 5.01. The van der Waals surface area contributed by atoms with Crippen LogP contribution >= 0.6 is 0 Å². The van der Waals surface area contributed by atoms with Crippen molar-refractivity contribution in [3.8, 4) is 5.75 Å². The standard InChI is InChI=1S/C21H27FN2O3/c22-19-12-15(21(26)24-10-6-17(25)7-11-24)4-5-20(19)27-18-13-16(14-18)23-8-2-1-3-9-23/h4-5,12,16,18H,1-3,6-11,13-14H2/t16-,18-. The highest BCUT2D eigenvalue weighted by molar-refractivity contribution is 5.95. The number of halogens is 1. The molecule has 0 aromatic heterocycles. The van der Waals surface area contributed by atoms with Gasteiger partial charge >= 0.3 is 0 Å². The number of hydrogen-bond donors (Lipinski definition) is 0. The van der Waals surface area contributed by atoms with Gasteiger partial charge in [0, 0.05) is 50.4 Å². The van der Waals surface area contributed by atoms with E-state index in [0.29, 0.717) is 37.5 Å². The zero-order chi connectivity index (χ0) is 18.8. The maximum Gasteiger partial charge on any atom is 0.253 e. The zero-order valence-corrected chi connectivity index (χ0v) is 15.7. The number of rotatable bonds is 4.